The van der Waals surface area contributed by atoms with Gasteiger partial charge < -0.3 is 20.1 Å². The number of amides is 1. The highest BCUT2D eigenvalue weighted by molar-refractivity contribution is 7.16. The molecule has 5 aromatic rings. The third kappa shape index (κ3) is 5.56. The standard InChI is InChI=1S/C29H28N6O3S/c1-2-9-35-16-21(14-34-35)20-11-23(29(36)32-15-22-17-37-25-5-3-4-6-26(25)38-22)28(31-13-20)30-12-19-7-8-24-27(10-19)39-18-33-24/h3-8,10-11,13-14,16,18,22H,2,9,12,15,17H2,1H3,(H,30,31)(H,32,36). The van der Waals surface area contributed by atoms with Gasteiger partial charge in [-0.2, -0.15) is 5.10 Å². The van der Waals surface area contributed by atoms with Gasteiger partial charge in [0.1, 0.15) is 18.5 Å². The molecule has 1 atom stereocenters. The number of nitrogens with one attached hydrogen (secondary N) is 2. The number of rotatable bonds is 9. The van der Waals surface area contributed by atoms with Crippen molar-refractivity contribution < 1.29 is 14.3 Å². The first-order valence-electron chi connectivity index (χ1n) is 12.9. The van der Waals surface area contributed by atoms with Crippen molar-refractivity contribution in [3.8, 4) is 22.6 Å². The minimum absolute atomic E-state index is 0.242. The molecule has 6 rings (SSSR count). The quantitative estimate of drug-likeness (QED) is 0.267. The fraction of sp³-hybridized carbons (Fsp3) is 0.241. The van der Waals surface area contributed by atoms with Crippen molar-refractivity contribution in [1.82, 2.24) is 25.1 Å². The summed E-state index contributed by atoms with van der Waals surface area (Å²) in [6.07, 6.45) is 6.24. The first-order chi connectivity index (χ1) is 19.2. The lowest BCUT2D eigenvalue weighted by atomic mass is 10.1. The van der Waals surface area contributed by atoms with E-state index < -0.39 is 0 Å². The van der Waals surface area contributed by atoms with Crippen LogP contribution < -0.4 is 20.1 Å². The lowest BCUT2D eigenvalue weighted by Crippen LogP contribution is -2.41. The molecule has 39 heavy (non-hydrogen) atoms. The smallest absolute Gasteiger partial charge is 0.255 e. The highest BCUT2D eigenvalue weighted by atomic mass is 32.1. The second kappa shape index (κ2) is 11.1. The van der Waals surface area contributed by atoms with Gasteiger partial charge in [-0.15, -0.1) is 11.3 Å². The maximum atomic E-state index is 13.5. The lowest BCUT2D eigenvalue weighted by Gasteiger charge is -2.26. The maximum Gasteiger partial charge on any atom is 0.255 e. The molecule has 3 aromatic heterocycles. The molecule has 0 spiro atoms. The van der Waals surface area contributed by atoms with Crippen molar-refractivity contribution in [3.05, 3.63) is 83.8 Å². The average Bonchev–Trinajstić information content (AvgIpc) is 3.64. The van der Waals surface area contributed by atoms with Gasteiger partial charge in [-0.05, 0) is 42.3 Å². The van der Waals surface area contributed by atoms with Crippen LogP contribution in [0.1, 0.15) is 29.3 Å². The van der Waals surface area contributed by atoms with Crippen LogP contribution in [0.15, 0.2) is 72.6 Å². The number of hydrogen-bond donors (Lipinski definition) is 2. The van der Waals surface area contributed by atoms with Crippen LogP contribution in [0.3, 0.4) is 0 Å². The molecule has 1 amide bonds. The van der Waals surface area contributed by atoms with Gasteiger partial charge in [-0.1, -0.05) is 25.1 Å². The molecule has 4 heterocycles. The van der Waals surface area contributed by atoms with E-state index in [-0.39, 0.29) is 12.0 Å². The summed E-state index contributed by atoms with van der Waals surface area (Å²) in [5.41, 5.74) is 6.08. The second-order valence-electron chi connectivity index (χ2n) is 9.33. The number of pyridine rings is 1. The van der Waals surface area contributed by atoms with E-state index >= 15 is 0 Å². The molecule has 198 valence electrons. The lowest BCUT2D eigenvalue weighted by molar-refractivity contribution is 0.0789. The Labute approximate surface area is 229 Å². The van der Waals surface area contributed by atoms with Gasteiger partial charge in [0.25, 0.3) is 5.91 Å². The predicted octanol–water partition coefficient (Wildman–Crippen LogP) is 5.15. The number of nitrogens with zero attached hydrogens (tertiary/aromatic N) is 4. The van der Waals surface area contributed by atoms with Gasteiger partial charge in [0.15, 0.2) is 11.5 Å². The summed E-state index contributed by atoms with van der Waals surface area (Å²) in [6.45, 7) is 4.12. The van der Waals surface area contributed by atoms with Gasteiger partial charge in [0, 0.05) is 36.6 Å². The van der Waals surface area contributed by atoms with Crippen molar-refractivity contribution in [2.45, 2.75) is 32.5 Å². The Morgan fingerprint density at radius 1 is 1.10 bits per heavy atom. The second-order valence-corrected chi connectivity index (χ2v) is 10.2. The van der Waals surface area contributed by atoms with Crippen LogP contribution in [0.5, 0.6) is 11.5 Å². The van der Waals surface area contributed by atoms with Crippen LogP contribution in [-0.4, -0.2) is 44.9 Å². The molecular weight excluding hydrogens is 512 g/mol. The fourth-order valence-corrected chi connectivity index (χ4v) is 5.20. The molecule has 9 nitrogen and oxygen atoms in total. The molecule has 2 N–H and O–H groups in total. The van der Waals surface area contributed by atoms with Crippen molar-refractivity contribution in [3.63, 3.8) is 0 Å². The fourth-order valence-electron chi connectivity index (χ4n) is 4.46. The van der Waals surface area contributed by atoms with Crippen LogP contribution >= 0.6 is 11.3 Å². The molecule has 0 bridgehead atoms. The minimum Gasteiger partial charge on any atom is -0.486 e. The molecule has 0 saturated heterocycles. The maximum absolute atomic E-state index is 13.5. The van der Waals surface area contributed by atoms with E-state index in [1.807, 2.05) is 58.9 Å². The Hall–Kier alpha value is -4.44. The summed E-state index contributed by atoms with van der Waals surface area (Å²) >= 11 is 1.60. The Morgan fingerprint density at radius 2 is 2.00 bits per heavy atom. The van der Waals surface area contributed by atoms with Gasteiger partial charge in [0.2, 0.25) is 0 Å². The number of para-hydroxylation sites is 2. The molecule has 1 aliphatic heterocycles. The predicted molar refractivity (Wildman–Crippen MR) is 151 cm³/mol. The summed E-state index contributed by atoms with van der Waals surface area (Å²) in [5, 5.41) is 10.8. The molecule has 0 fully saturated rings. The van der Waals surface area contributed by atoms with Crippen LogP contribution in [0.2, 0.25) is 0 Å². The Balaban J connectivity index is 1.21. The van der Waals surface area contributed by atoms with Crippen molar-refractivity contribution in [2.24, 2.45) is 0 Å². The van der Waals surface area contributed by atoms with E-state index in [1.165, 1.54) is 0 Å². The van der Waals surface area contributed by atoms with Crippen LogP contribution in [0.25, 0.3) is 21.3 Å². The van der Waals surface area contributed by atoms with E-state index in [9.17, 15) is 4.79 Å². The zero-order valence-corrected chi connectivity index (χ0v) is 22.3. The average molecular weight is 541 g/mol. The summed E-state index contributed by atoms with van der Waals surface area (Å²) in [7, 11) is 0. The molecule has 10 heteroatoms. The summed E-state index contributed by atoms with van der Waals surface area (Å²) in [6, 6.07) is 15.5. The number of aryl methyl sites for hydroxylation is 1. The first-order valence-corrected chi connectivity index (χ1v) is 13.8. The van der Waals surface area contributed by atoms with E-state index in [0.29, 0.717) is 42.6 Å². The van der Waals surface area contributed by atoms with E-state index in [2.05, 4.69) is 38.7 Å². The summed E-state index contributed by atoms with van der Waals surface area (Å²) < 4.78 is 14.8. The Bertz CT molecular complexity index is 1610. The number of fused-ring (bicyclic) bond motifs is 2. The number of hydrogen-bond acceptors (Lipinski definition) is 8. The Morgan fingerprint density at radius 3 is 2.90 bits per heavy atom. The van der Waals surface area contributed by atoms with Crippen LogP contribution in [0, 0.1) is 0 Å². The molecule has 0 aliphatic carbocycles. The number of thiazole rings is 1. The van der Waals surface area contributed by atoms with E-state index in [1.54, 1.807) is 23.7 Å². The summed E-state index contributed by atoms with van der Waals surface area (Å²) in [5.74, 6) is 1.65. The number of anilines is 1. The van der Waals surface area contributed by atoms with Gasteiger partial charge in [-0.3, -0.25) is 9.48 Å². The SMILES string of the molecule is CCCn1cc(-c2cnc(NCc3ccc4ncsc4c3)c(C(=O)NCC3COc4ccccc4O3)c2)cn1. The number of aromatic nitrogens is 4. The topological polar surface area (TPSA) is 103 Å². The highest BCUT2D eigenvalue weighted by Crippen LogP contribution is 2.31. The first kappa shape index (κ1) is 24.9. The highest BCUT2D eigenvalue weighted by Gasteiger charge is 2.22. The number of carbonyl (C=O) groups excluding carboxylic acids is 1. The summed E-state index contributed by atoms with van der Waals surface area (Å²) in [4.78, 5) is 22.5. The van der Waals surface area contributed by atoms with E-state index in [4.69, 9.17) is 9.47 Å². The molecule has 0 radical (unpaired) electrons. The molecule has 0 saturated carbocycles. The van der Waals surface area contributed by atoms with Crippen molar-refractivity contribution >= 4 is 33.3 Å². The molecule has 2 aromatic carbocycles. The van der Waals surface area contributed by atoms with Gasteiger partial charge >= 0.3 is 0 Å². The van der Waals surface area contributed by atoms with Crippen molar-refractivity contribution in [2.75, 3.05) is 18.5 Å². The number of carbonyl (C=O) groups is 1. The zero-order chi connectivity index (χ0) is 26.6. The van der Waals surface area contributed by atoms with E-state index in [0.717, 1.165) is 39.9 Å². The van der Waals surface area contributed by atoms with Crippen LogP contribution in [-0.2, 0) is 13.1 Å². The van der Waals surface area contributed by atoms with Crippen molar-refractivity contribution in [1.29, 1.82) is 0 Å². The number of ether oxygens (including phenoxy) is 2. The third-order valence-corrected chi connectivity index (χ3v) is 7.26. The molecule has 1 aliphatic rings. The Kier molecular flexibility index (Phi) is 7.09. The zero-order valence-electron chi connectivity index (χ0n) is 21.5. The monoisotopic (exact) mass is 540 g/mol. The molecule has 1 unspecified atom stereocenters. The minimum atomic E-state index is -0.296. The molecular formula is C29H28N6O3S. The largest absolute Gasteiger partial charge is 0.486 e. The number of benzene rings is 2. The third-order valence-electron chi connectivity index (χ3n) is 6.47. The van der Waals surface area contributed by atoms with Crippen LogP contribution in [0.4, 0.5) is 5.82 Å². The van der Waals surface area contributed by atoms with Gasteiger partial charge in [-0.25, -0.2) is 9.97 Å². The normalized spacial score (nSPS) is 14.3. The van der Waals surface area contributed by atoms with Gasteiger partial charge in [0.05, 0.1) is 34.0 Å².